The largest absolute Gasteiger partial charge is 0.397 e. The minimum Gasteiger partial charge on any atom is -0.397 e. The molecule has 6 heteroatoms. The zero-order valence-corrected chi connectivity index (χ0v) is 11.5. The Balaban J connectivity index is 2.02. The van der Waals surface area contributed by atoms with Crippen LogP contribution in [-0.2, 0) is 0 Å². The van der Waals surface area contributed by atoms with Crippen molar-refractivity contribution in [3.05, 3.63) is 40.2 Å². The van der Waals surface area contributed by atoms with E-state index < -0.39 is 0 Å². The van der Waals surface area contributed by atoms with E-state index in [1.165, 1.54) is 11.3 Å². The maximum atomic E-state index is 5.82. The first-order valence-electron chi connectivity index (χ1n) is 5.17. The average Bonchev–Trinajstić information content (AvgIpc) is 2.97. The van der Waals surface area contributed by atoms with Crippen molar-refractivity contribution in [2.75, 3.05) is 5.73 Å². The van der Waals surface area contributed by atoms with Crippen LogP contribution >= 0.6 is 27.3 Å². The number of rotatable bonds is 2. The van der Waals surface area contributed by atoms with Crippen LogP contribution < -0.4 is 5.73 Å². The van der Waals surface area contributed by atoms with E-state index in [9.17, 15) is 0 Å². The highest BCUT2D eigenvalue weighted by atomic mass is 79.9. The molecule has 3 aromatic rings. The summed E-state index contributed by atoms with van der Waals surface area (Å²) >= 11 is 4.90. The fourth-order valence-corrected chi connectivity index (χ4v) is 2.69. The Bertz CT molecular complexity index is 692. The summed E-state index contributed by atoms with van der Waals surface area (Å²) in [6.45, 7) is 0. The van der Waals surface area contributed by atoms with Gasteiger partial charge in [-0.25, -0.2) is 0 Å². The topological polar surface area (TPSA) is 64.9 Å². The summed E-state index contributed by atoms with van der Waals surface area (Å²) in [7, 11) is 0. The second-order valence-corrected chi connectivity index (χ2v) is 5.47. The highest BCUT2D eigenvalue weighted by molar-refractivity contribution is 9.10. The van der Waals surface area contributed by atoms with Gasteiger partial charge in [0.15, 0.2) is 0 Å². The lowest BCUT2D eigenvalue weighted by Gasteiger charge is -1.94. The highest BCUT2D eigenvalue weighted by Gasteiger charge is 2.14. The Morgan fingerprint density at radius 2 is 2.17 bits per heavy atom. The van der Waals surface area contributed by atoms with Gasteiger partial charge in [-0.3, -0.25) is 0 Å². The van der Waals surface area contributed by atoms with Crippen LogP contribution in [0.25, 0.3) is 22.2 Å². The molecular weight excluding hydrogens is 314 g/mol. The maximum absolute atomic E-state index is 5.82. The quantitative estimate of drug-likeness (QED) is 0.779. The van der Waals surface area contributed by atoms with E-state index in [1.807, 2.05) is 35.7 Å². The van der Waals surface area contributed by atoms with E-state index in [1.54, 1.807) is 0 Å². The monoisotopic (exact) mass is 321 g/mol. The van der Waals surface area contributed by atoms with E-state index in [2.05, 4.69) is 26.1 Å². The number of nitrogens with zero attached hydrogens (tertiary/aromatic N) is 2. The van der Waals surface area contributed by atoms with Crippen LogP contribution in [0.4, 0.5) is 5.69 Å². The molecule has 0 amide bonds. The van der Waals surface area contributed by atoms with Gasteiger partial charge < -0.3 is 10.3 Å². The Morgan fingerprint density at radius 1 is 1.28 bits per heavy atom. The number of halogens is 1. The number of nitrogens with two attached hydrogens (primary N) is 1. The van der Waals surface area contributed by atoms with Crippen molar-refractivity contribution in [1.82, 2.24) is 10.1 Å². The molecular formula is C12H8BrN3OS. The Labute approximate surface area is 116 Å². The van der Waals surface area contributed by atoms with Crippen LogP contribution in [0.3, 0.4) is 0 Å². The lowest BCUT2D eigenvalue weighted by Crippen LogP contribution is -1.84. The minimum absolute atomic E-state index is 0.456. The summed E-state index contributed by atoms with van der Waals surface area (Å²) in [6, 6.07) is 9.56. The van der Waals surface area contributed by atoms with Gasteiger partial charge in [0.2, 0.25) is 5.82 Å². The van der Waals surface area contributed by atoms with E-state index in [4.69, 9.17) is 10.3 Å². The van der Waals surface area contributed by atoms with Gasteiger partial charge in [0, 0.05) is 10.0 Å². The number of aromatic nitrogens is 2. The van der Waals surface area contributed by atoms with Crippen molar-refractivity contribution in [1.29, 1.82) is 0 Å². The number of nitrogen functional groups attached to an aromatic ring is 1. The van der Waals surface area contributed by atoms with Crippen molar-refractivity contribution in [2.45, 2.75) is 0 Å². The molecule has 0 bridgehead atoms. The molecule has 0 unspecified atom stereocenters. The predicted octanol–water partition coefficient (Wildman–Crippen LogP) is 3.81. The minimum atomic E-state index is 0.456. The molecule has 0 atom stereocenters. The molecule has 0 saturated heterocycles. The highest BCUT2D eigenvalue weighted by Crippen LogP contribution is 2.31. The summed E-state index contributed by atoms with van der Waals surface area (Å²) in [5.74, 6) is 1.01. The average molecular weight is 322 g/mol. The van der Waals surface area contributed by atoms with Crippen molar-refractivity contribution < 1.29 is 4.52 Å². The molecule has 90 valence electrons. The summed E-state index contributed by atoms with van der Waals surface area (Å²) in [5, 5.41) is 5.87. The van der Waals surface area contributed by atoms with E-state index in [0.29, 0.717) is 17.4 Å². The number of hydrogen-bond acceptors (Lipinski definition) is 5. The van der Waals surface area contributed by atoms with Crippen LogP contribution in [0, 0.1) is 0 Å². The van der Waals surface area contributed by atoms with Crippen LogP contribution in [0.5, 0.6) is 0 Å². The summed E-state index contributed by atoms with van der Waals surface area (Å²) in [4.78, 5) is 5.17. The molecule has 0 aliphatic carbocycles. The smallest absolute Gasteiger partial charge is 0.270 e. The summed E-state index contributed by atoms with van der Waals surface area (Å²) < 4.78 is 6.21. The molecule has 0 fully saturated rings. The number of hydrogen-bond donors (Lipinski definition) is 1. The van der Waals surface area contributed by atoms with Gasteiger partial charge in [0.05, 0.1) is 5.69 Å². The molecule has 2 aromatic heterocycles. The molecule has 0 aliphatic rings. The first-order chi connectivity index (χ1) is 8.74. The van der Waals surface area contributed by atoms with Gasteiger partial charge in [0.1, 0.15) is 4.88 Å². The first kappa shape index (κ1) is 11.4. The molecule has 0 aliphatic heterocycles. The third kappa shape index (κ3) is 2.04. The third-order valence-electron chi connectivity index (χ3n) is 2.40. The van der Waals surface area contributed by atoms with E-state index in [-0.39, 0.29) is 0 Å². The van der Waals surface area contributed by atoms with Crippen LogP contribution in [0.15, 0.2) is 44.7 Å². The lowest BCUT2D eigenvalue weighted by molar-refractivity contribution is 0.433. The van der Waals surface area contributed by atoms with Crippen LogP contribution in [0.2, 0.25) is 0 Å². The standard InChI is InChI=1S/C12H8BrN3OS/c13-8-3-1-2-7(6-8)11-15-12(17-16-11)10-9(14)4-5-18-10/h1-6H,14H2. The molecule has 2 N–H and O–H groups in total. The van der Waals surface area contributed by atoms with Crippen molar-refractivity contribution >= 4 is 33.0 Å². The van der Waals surface area contributed by atoms with Gasteiger partial charge in [-0.05, 0) is 23.6 Å². The molecule has 3 rings (SSSR count). The van der Waals surface area contributed by atoms with Gasteiger partial charge in [-0.15, -0.1) is 11.3 Å². The first-order valence-corrected chi connectivity index (χ1v) is 6.84. The Hall–Kier alpha value is -1.66. The normalized spacial score (nSPS) is 10.7. The fraction of sp³-hybridized carbons (Fsp3) is 0. The molecule has 0 radical (unpaired) electrons. The SMILES string of the molecule is Nc1ccsc1-c1nc(-c2cccc(Br)c2)no1. The Morgan fingerprint density at radius 3 is 2.89 bits per heavy atom. The van der Waals surface area contributed by atoms with Crippen molar-refractivity contribution in [3.8, 4) is 22.2 Å². The molecule has 1 aromatic carbocycles. The fourth-order valence-electron chi connectivity index (χ4n) is 1.55. The molecule has 4 nitrogen and oxygen atoms in total. The van der Waals surface area contributed by atoms with Gasteiger partial charge in [-0.1, -0.05) is 33.2 Å². The predicted molar refractivity (Wildman–Crippen MR) is 75.2 cm³/mol. The molecule has 2 heterocycles. The number of thiophene rings is 1. The van der Waals surface area contributed by atoms with E-state index in [0.717, 1.165) is 14.9 Å². The van der Waals surface area contributed by atoms with Crippen LogP contribution in [-0.4, -0.2) is 10.1 Å². The summed E-state index contributed by atoms with van der Waals surface area (Å²) in [6.07, 6.45) is 0. The zero-order chi connectivity index (χ0) is 12.5. The maximum Gasteiger partial charge on any atom is 0.270 e. The molecule has 18 heavy (non-hydrogen) atoms. The molecule has 0 spiro atoms. The lowest BCUT2D eigenvalue weighted by atomic mass is 10.2. The van der Waals surface area contributed by atoms with Gasteiger partial charge >= 0.3 is 0 Å². The second-order valence-electron chi connectivity index (χ2n) is 3.64. The Kier molecular flexibility index (Phi) is 2.89. The second kappa shape index (κ2) is 4.55. The van der Waals surface area contributed by atoms with Gasteiger partial charge in [-0.2, -0.15) is 4.98 Å². The number of benzene rings is 1. The van der Waals surface area contributed by atoms with Crippen molar-refractivity contribution in [3.63, 3.8) is 0 Å². The van der Waals surface area contributed by atoms with Gasteiger partial charge in [0.25, 0.3) is 5.89 Å². The van der Waals surface area contributed by atoms with Crippen LogP contribution in [0.1, 0.15) is 0 Å². The number of anilines is 1. The summed E-state index contributed by atoms with van der Waals surface area (Å²) in [5.41, 5.74) is 7.37. The van der Waals surface area contributed by atoms with Crippen molar-refractivity contribution in [2.24, 2.45) is 0 Å². The zero-order valence-electron chi connectivity index (χ0n) is 9.13. The molecule has 0 saturated carbocycles. The third-order valence-corrected chi connectivity index (χ3v) is 3.81. The van der Waals surface area contributed by atoms with E-state index >= 15 is 0 Å².